The first-order valence-electron chi connectivity index (χ1n) is 29.0. The van der Waals surface area contributed by atoms with E-state index < -0.39 is 99.2 Å². The van der Waals surface area contributed by atoms with Crippen molar-refractivity contribution in [1.82, 2.24) is 63.6 Å². The number of nitrogens with one attached hydrogen (secondary N) is 1. The second-order valence-electron chi connectivity index (χ2n) is 22.8. The number of para-hydroxylation sites is 1. The topological polar surface area (TPSA) is 378 Å². The lowest BCUT2D eigenvalue weighted by molar-refractivity contribution is -0.149. The predicted octanol–water partition coefficient (Wildman–Crippen LogP) is 6.34. The molecule has 34 heteroatoms. The number of aromatic nitrogens is 12. The van der Waals surface area contributed by atoms with Crippen molar-refractivity contribution in [2.75, 3.05) is 67.4 Å². The van der Waals surface area contributed by atoms with Crippen molar-refractivity contribution >= 4 is 88.3 Å². The van der Waals surface area contributed by atoms with Crippen LogP contribution in [0.1, 0.15) is 107 Å². The van der Waals surface area contributed by atoms with Crippen molar-refractivity contribution < 1.29 is 65.8 Å². The molecule has 0 amide bonds. The molecule has 29 nitrogen and oxygen atoms in total. The fraction of sp³-hybridized carbons (Fsp3) is 0.600. The van der Waals surface area contributed by atoms with Crippen LogP contribution >= 0.6 is 19.3 Å². The largest absolute Gasteiger partial charge is 0.462 e. The molecule has 9 heterocycles. The Morgan fingerprint density at radius 2 is 1.16 bits per heavy atom. The fourth-order valence-electron chi connectivity index (χ4n) is 10.7. The van der Waals surface area contributed by atoms with Gasteiger partial charge in [-0.1, -0.05) is 57.5 Å². The van der Waals surface area contributed by atoms with E-state index >= 15 is 13.2 Å². The Hall–Kier alpha value is -6.87. The average Bonchev–Trinajstić information content (AvgIpc) is 1.82. The molecule has 0 spiro atoms. The molecule has 10 rings (SSSR count). The van der Waals surface area contributed by atoms with Crippen molar-refractivity contribution in [3.8, 4) is 5.75 Å². The number of hydrogen-bond donors (Lipinski definition) is 7. The molecule has 10 N–H and O–H groups in total. The van der Waals surface area contributed by atoms with Gasteiger partial charge in [0.2, 0.25) is 17.8 Å². The van der Waals surface area contributed by atoms with Crippen LogP contribution in [0.2, 0.25) is 5.15 Å². The molecule has 0 saturated carbocycles. The predicted molar refractivity (Wildman–Crippen MR) is 325 cm³/mol. The zero-order valence-electron chi connectivity index (χ0n) is 51.5. The molecule has 0 bridgehead atoms. The highest BCUT2D eigenvalue weighted by Gasteiger charge is 2.57. The van der Waals surface area contributed by atoms with Crippen molar-refractivity contribution in [3.05, 3.63) is 54.5 Å². The standard InChI is InChI=1S/C27H39FN7O7P.C15H23FN6O3.C13H17ClFN5O/c1-7-13-34(6)22-20-23(32-26(29)31-22)35(15-30-20)25-27(5,28)21(36)19(41-25)14-39-43(38,42-18-11-9-8-10-12-18)33-17(4)24(37)40-16(2)3;1-4-5-21(3)11-9-12(20-14(17)19-11)22(7-18-9)13-15(2,16)10(24)8(6-23)25-13;1-4-7-6(2)13(3,15)11(21-7)20-5-17-8-9(14)18-12(16)19-10(8)20/h8-12,15-17,19,21,25,36H,7,13-14H2,1-6H3,(H,33,38)(H2,29,31,32);7-8,10,13,23-24H,4-6H2,1-3H3,(H2,17,19,20);5-7,11H,4H2,1-3H3,(H2,16,18,19)/t17-,19+,21+,25+,27+,43?;8-,10-,13-,15-;6-,7-,11-,13-/m011/s1. The normalized spacial score (nSPS) is 27.7. The van der Waals surface area contributed by atoms with Gasteiger partial charge in [0, 0.05) is 33.1 Å². The van der Waals surface area contributed by atoms with Crippen molar-refractivity contribution in [2.24, 2.45) is 5.92 Å². The number of carbonyl (C=O) groups is 1. The van der Waals surface area contributed by atoms with E-state index in [-0.39, 0.29) is 46.4 Å². The minimum Gasteiger partial charge on any atom is -0.462 e. The summed E-state index contributed by atoms with van der Waals surface area (Å²) in [6, 6.07) is 7.07. The summed E-state index contributed by atoms with van der Waals surface area (Å²) in [6.45, 7) is 17.0. The third kappa shape index (κ3) is 14.1. The van der Waals surface area contributed by atoms with Crippen LogP contribution in [-0.2, 0) is 32.8 Å². The summed E-state index contributed by atoms with van der Waals surface area (Å²) in [5.74, 6) is 0.299. The van der Waals surface area contributed by atoms with Gasteiger partial charge in [-0.15, -0.1) is 0 Å². The summed E-state index contributed by atoms with van der Waals surface area (Å²) in [4.78, 5) is 54.0. The van der Waals surface area contributed by atoms with E-state index in [0.717, 1.165) is 25.8 Å². The number of aliphatic hydroxyl groups is 3. The Morgan fingerprint density at radius 3 is 1.61 bits per heavy atom. The van der Waals surface area contributed by atoms with Crippen molar-refractivity contribution in [2.45, 2.75) is 167 Å². The lowest BCUT2D eigenvalue weighted by Crippen LogP contribution is -2.41. The Bertz CT molecular complexity index is 3630. The molecule has 488 valence electrons. The van der Waals surface area contributed by atoms with Crippen LogP contribution in [0.3, 0.4) is 0 Å². The number of imidazole rings is 3. The molecule has 6 aromatic heterocycles. The quantitative estimate of drug-likeness (QED) is 0.0248. The fourth-order valence-corrected chi connectivity index (χ4v) is 12.4. The Balaban J connectivity index is 0.000000188. The number of carbonyl (C=O) groups excluding carboxylic acids is 1. The van der Waals surface area contributed by atoms with E-state index in [1.807, 2.05) is 51.6 Å². The van der Waals surface area contributed by atoms with Gasteiger partial charge in [-0.25, -0.2) is 32.7 Å². The first-order chi connectivity index (χ1) is 41.9. The lowest BCUT2D eigenvalue weighted by Gasteiger charge is -2.25. The van der Waals surface area contributed by atoms with Gasteiger partial charge in [0.05, 0.1) is 44.4 Å². The number of benzene rings is 1. The van der Waals surface area contributed by atoms with E-state index in [2.05, 4.69) is 49.9 Å². The van der Waals surface area contributed by atoms with Gasteiger partial charge >= 0.3 is 13.7 Å². The molecule has 7 aromatic rings. The summed E-state index contributed by atoms with van der Waals surface area (Å²) in [5, 5.41) is 33.0. The molecule has 3 fully saturated rings. The number of anilines is 5. The number of ether oxygens (including phenoxy) is 4. The van der Waals surface area contributed by atoms with Gasteiger partial charge in [0.25, 0.3) is 0 Å². The maximum atomic E-state index is 16.2. The minimum absolute atomic E-state index is 0.0212. The summed E-state index contributed by atoms with van der Waals surface area (Å²) in [6.07, 6.45) is -2.80. The third-order valence-electron chi connectivity index (χ3n) is 15.5. The van der Waals surface area contributed by atoms with Gasteiger partial charge < -0.3 is 65.8 Å². The molecule has 0 aliphatic carbocycles. The van der Waals surface area contributed by atoms with Gasteiger partial charge in [0.15, 0.2) is 80.5 Å². The van der Waals surface area contributed by atoms with Crippen LogP contribution in [0.25, 0.3) is 33.5 Å². The van der Waals surface area contributed by atoms with Crippen LogP contribution in [0.15, 0.2) is 49.3 Å². The summed E-state index contributed by atoms with van der Waals surface area (Å²) >= 11 is 6.00. The highest BCUT2D eigenvalue weighted by molar-refractivity contribution is 7.52. The number of alkyl halides is 3. The Labute approximate surface area is 516 Å². The van der Waals surface area contributed by atoms with E-state index in [9.17, 15) is 24.7 Å². The number of nitrogen functional groups attached to an aromatic ring is 3. The minimum atomic E-state index is -4.29. The number of fused-ring (bicyclic) bond motifs is 3. The first kappa shape index (κ1) is 68.0. The molecule has 3 saturated heterocycles. The number of hydrogen-bond acceptors (Lipinski definition) is 25. The number of nitrogens with two attached hydrogens (primary N) is 3. The maximum absolute atomic E-state index is 16.2. The monoisotopic (exact) mass is 1290 g/mol. The second kappa shape index (κ2) is 27.3. The lowest BCUT2D eigenvalue weighted by atomic mass is 9.88. The number of rotatable bonds is 20. The maximum Gasteiger partial charge on any atom is 0.459 e. The highest BCUT2D eigenvalue weighted by Crippen LogP contribution is 2.50. The highest BCUT2D eigenvalue weighted by atomic mass is 35.5. The molecule has 1 aromatic carbocycles. The summed E-state index contributed by atoms with van der Waals surface area (Å²) in [5.41, 5.74) is 13.5. The molecular formula is C55H79ClF3N18O11P. The SMILES string of the molecule is CCCN(C)c1nc(N)nc2c1ncn2[C@@H]1O[C@H](CO)[C@@H](O)[C@@]1(C)F.CCCN(C)c1nc(N)nc2c1ncn2[C@@H]1O[C@H](COP(=O)(N[C@@H](C)C(=O)OC(C)C)Oc2ccccc2)[C@@H](O)[C@@]1(C)F.CC[C@H]1O[C@@H](n2cnc3c(Cl)nc(N)nc32)[C@](C)(F)[C@@H]1C. The van der Waals surface area contributed by atoms with Crippen LogP contribution in [0, 0.1) is 5.92 Å². The van der Waals surface area contributed by atoms with Crippen molar-refractivity contribution in [3.63, 3.8) is 0 Å². The van der Waals surface area contributed by atoms with Crippen LogP contribution in [0.5, 0.6) is 5.75 Å². The Morgan fingerprint density at radius 1 is 0.719 bits per heavy atom. The van der Waals surface area contributed by atoms with Gasteiger partial charge in [-0.05, 0) is 72.9 Å². The third-order valence-corrected chi connectivity index (χ3v) is 17.4. The van der Waals surface area contributed by atoms with E-state index in [1.54, 1.807) is 48.7 Å². The van der Waals surface area contributed by atoms with E-state index in [4.69, 9.17) is 56.8 Å². The smallest absolute Gasteiger partial charge is 0.459 e. The summed E-state index contributed by atoms with van der Waals surface area (Å²) in [7, 11) is -0.597. The molecule has 3 aliphatic rings. The van der Waals surface area contributed by atoms with Gasteiger partial charge in [0.1, 0.15) is 41.7 Å². The molecule has 3 aliphatic heterocycles. The second-order valence-corrected chi connectivity index (χ2v) is 24.9. The molecule has 1 unspecified atom stereocenters. The van der Waals surface area contributed by atoms with Crippen LogP contribution in [-0.4, -0.2) is 180 Å². The number of nitrogens with zero attached hydrogens (tertiary/aromatic N) is 14. The number of esters is 1. The zero-order chi connectivity index (χ0) is 65.2. The van der Waals surface area contributed by atoms with E-state index in [1.165, 1.54) is 55.8 Å². The van der Waals surface area contributed by atoms with Gasteiger partial charge in [-0.2, -0.15) is 35.0 Å². The van der Waals surface area contributed by atoms with Crippen LogP contribution < -0.4 is 36.6 Å². The van der Waals surface area contributed by atoms with Crippen LogP contribution in [0.4, 0.5) is 42.7 Å². The summed E-state index contributed by atoms with van der Waals surface area (Å²) < 4.78 is 98.2. The first-order valence-corrected chi connectivity index (χ1v) is 30.9. The zero-order valence-corrected chi connectivity index (χ0v) is 53.1. The average molecular weight is 1290 g/mol. The molecular weight excluding hydrogens is 1210 g/mol. The number of aliphatic hydroxyl groups excluding tert-OH is 3. The van der Waals surface area contributed by atoms with E-state index in [0.29, 0.717) is 46.0 Å². The Kier molecular flexibility index (Phi) is 20.9. The molecule has 14 atom stereocenters. The van der Waals surface area contributed by atoms with Crippen molar-refractivity contribution in [1.29, 1.82) is 0 Å². The van der Waals surface area contributed by atoms with Gasteiger partial charge in [-0.3, -0.25) is 23.0 Å². The molecule has 89 heavy (non-hydrogen) atoms. The number of halogens is 4. The molecule has 0 radical (unpaired) electrons.